The number of carbonyl (C=O) groups is 2. The molecule has 1 aromatic carbocycles. The van der Waals surface area contributed by atoms with Crippen molar-refractivity contribution < 1.29 is 19.1 Å². The number of benzene rings is 1. The molecule has 1 N–H and O–H groups in total. The number of hydrogen-bond donors (Lipinski definition) is 1. The van der Waals surface area contributed by atoms with Crippen molar-refractivity contribution in [2.45, 2.75) is 39.4 Å². The molecule has 0 radical (unpaired) electrons. The molecule has 1 aliphatic rings. The minimum Gasteiger partial charge on any atom is -0.444 e. The van der Waals surface area contributed by atoms with Gasteiger partial charge in [-0.05, 0) is 52.0 Å². The van der Waals surface area contributed by atoms with Crippen LogP contribution in [0, 0.1) is 0 Å². The van der Waals surface area contributed by atoms with Gasteiger partial charge in [0.1, 0.15) is 5.60 Å². The molecule has 0 saturated carbocycles. The summed E-state index contributed by atoms with van der Waals surface area (Å²) in [6.45, 7) is 9.11. The molecule has 1 unspecified atom stereocenters. The summed E-state index contributed by atoms with van der Waals surface area (Å²) in [7, 11) is 0. The van der Waals surface area contributed by atoms with Crippen molar-refractivity contribution in [1.29, 1.82) is 0 Å². The van der Waals surface area contributed by atoms with Crippen LogP contribution in [0.3, 0.4) is 0 Å². The van der Waals surface area contributed by atoms with Gasteiger partial charge in [0, 0.05) is 24.3 Å². The molecule has 23 heavy (non-hydrogen) atoms. The van der Waals surface area contributed by atoms with Crippen molar-refractivity contribution in [1.82, 2.24) is 4.90 Å². The van der Waals surface area contributed by atoms with Crippen LogP contribution in [0.15, 0.2) is 24.3 Å². The van der Waals surface area contributed by atoms with Crippen molar-refractivity contribution in [3.8, 4) is 0 Å². The Kier molecular flexibility index (Phi) is 5.26. The fourth-order valence-corrected chi connectivity index (χ4v) is 2.30. The predicted molar refractivity (Wildman–Crippen MR) is 87.6 cm³/mol. The molecule has 1 fully saturated rings. The third-order valence-electron chi connectivity index (χ3n) is 3.31. The van der Waals surface area contributed by atoms with Gasteiger partial charge in [-0.25, -0.2) is 4.79 Å². The summed E-state index contributed by atoms with van der Waals surface area (Å²) in [5.74, 6) is -0.0241. The molecule has 126 valence electrons. The van der Waals surface area contributed by atoms with Crippen molar-refractivity contribution in [3.63, 3.8) is 0 Å². The molecule has 0 aromatic heterocycles. The zero-order chi connectivity index (χ0) is 17.0. The Balaban J connectivity index is 1.96. The van der Waals surface area contributed by atoms with E-state index < -0.39 is 11.7 Å². The van der Waals surface area contributed by atoms with Gasteiger partial charge in [-0.15, -0.1) is 0 Å². The highest BCUT2D eigenvalue weighted by Gasteiger charge is 2.22. The van der Waals surface area contributed by atoms with Gasteiger partial charge in [0.2, 0.25) is 0 Å². The Bertz CT molecular complexity index is 563. The van der Waals surface area contributed by atoms with Crippen molar-refractivity contribution in [2.24, 2.45) is 0 Å². The molecule has 1 aromatic rings. The normalized spacial score (nSPS) is 18.4. The lowest BCUT2D eigenvalue weighted by molar-refractivity contribution is -0.0124. The van der Waals surface area contributed by atoms with E-state index in [1.165, 1.54) is 0 Å². The Morgan fingerprint density at radius 1 is 1.26 bits per heavy atom. The monoisotopic (exact) mass is 320 g/mol. The van der Waals surface area contributed by atoms with Gasteiger partial charge in [-0.2, -0.15) is 0 Å². The number of rotatable bonds is 2. The molecule has 2 rings (SSSR count). The third kappa shape index (κ3) is 5.25. The minimum absolute atomic E-state index is 0.0241. The molecular formula is C17H24N2O4. The van der Waals surface area contributed by atoms with E-state index in [0.29, 0.717) is 30.9 Å². The average molecular weight is 320 g/mol. The van der Waals surface area contributed by atoms with Gasteiger partial charge in [-0.1, -0.05) is 0 Å². The van der Waals surface area contributed by atoms with E-state index in [2.05, 4.69) is 5.32 Å². The van der Waals surface area contributed by atoms with Gasteiger partial charge in [-0.3, -0.25) is 10.1 Å². The quantitative estimate of drug-likeness (QED) is 0.910. The van der Waals surface area contributed by atoms with Crippen molar-refractivity contribution >= 4 is 17.7 Å². The molecule has 2 amide bonds. The Morgan fingerprint density at radius 3 is 2.48 bits per heavy atom. The van der Waals surface area contributed by atoms with Crippen molar-refractivity contribution in [3.05, 3.63) is 29.8 Å². The molecule has 1 heterocycles. The lowest BCUT2D eigenvalue weighted by Crippen LogP contribution is -2.44. The lowest BCUT2D eigenvalue weighted by atomic mass is 10.1. The molecule has 1 saturated heterocycles. The summed E-state index contributed by atoms with van der Waals surface area (Å²) >= 11 is 0. The molecule has 0 bridgehead atoms. The Hall–Kier alpha value is -2.08. The van der Waals surface area contributed by atoms with Gasteiger partial charge in [0.25, 0.3) is 5.91 Å². The maximum Gasteiger partial charge on any atom is 0.412 e. The van der Waals surface area contributed by atoms with E-state index in [1.807, 2.05) is 6.92 Å². The first-order valence-corrected chi connectivity index (χ1v) is 7.75. The summed E-state index contributed by atoms with van der Waals surface area (Å²) in [6.07, 6.45) is -0.459. The summed E-state index contributed by atoms with van der Waals surface area (Å²) in [6, 6.07) is 6.80. The number of morpholine rings is 1. The Morgan fingerprint density at radius 2 is 1.91 bits per heavy atom. The first-order chi connectivity index (χ1) is 10.7. The number of nitrogens with zero attached hydrogens (tertiary/aromatic N) is 1. The zero-order valence-electron chi connectivity index (χ0n) is 14.1. The summed E-state index contributed by atoms with van der Waals surface area (Å²) < 4.78 is 10.6. The summed E-state index contributed by atoms with van der Waals surface area (Å²) in [4.78, 5) is 25.9. The standard InChI is InChI=1S/C17H24N2O4/c1-12-11-19(9-10-22-12)15(20)13-5-7-14(8-6-13)18-16(21)23-17(2,3)4/h5-8,12H,9-11H2,1-4H3,(H,18,21). The van der Waals surface area contributed by atoms with E-state index >= 15 is 0 Å². The highest BCUT2D eigenvalue weighted by Crippen LogP contribution is 2.15. The number of ether oxygens (including phenoxy) is 2. The number of nitrogens with one attached hydrogen (secondary N) is 1. The van der Waals surface area contributed by atoms with E-state index in [9.17, 15) is 9.59 Å². The first-order valence-electron chi connectivity index (χ1n) is 7.75. The van der Waals surface area contributed by atoms with Crippen LogP contribution >= 0.6 is 0 Å². The van der Waals surface area contributed by atoms with E-state index in [1.54, 1.807) is 49.9 Å². The maximum atomic E-state index is 12.4. The molecule has 0 aliphatic carbocycles. The first kappa shape index (κ1) is 17.3. The van der Waals surface area contributed by atoms with Gasteiger partial charge < -0.3 is 14.4 Å². The fraction of sp³-hybridized carbons (Fsp3) is 0.529. The smallest absolute Gasteiger partial charge is 0.412 e. The lowest BCUT2D eigenvalue weighted by Gasteiger charge is -2.31. The molecule has 6 nitrogen and oxygen atoms in total. The second-order valence-electron chi connectivity index (χ2n) is 6.64. The number of amides is 2. The Labute approximate surface area is 136 Å². The average Bonchev–Trinajstić information content (AvgIpc) is 2.45. The third-order valence-corrected chi connectivity index (χ3v) is 3.31. The predicted octanol–water partition coefficient (Wildman–Crippen LogP) is 2.89. The number of anilines is 1. The minimum atomic E-state index is -0.549. The second kappa shape index (κ2) is 7.00. The number of hydrogen-bond acceptors (Lipinski definition) is 4. The van der Waals surface area contributed by atoms with Gasteiger partial charge >= 0.3 is 6.09 Å². The van der Waals surface area contributed by atoms with Crippen LogP contribution in [-0.4, -0.2) is 48.3 Å². The fourth-order valence-electron chi connectivity index (χ4n) is 2.30. The van der Waals surface area contributed by atoms with E-state index in [0.717, 1.165) is 0 Å². The van der Waals surface area contributed by atoms with Crippen molar-refractivity contribution in [2.75, 3.05) is 25.0 Å². The van der Waals surface area contributed by atoms with Crippen LogP contribution in [0.5, 0.6) is 0 Å². The van der Waals surface area contributed by atoms with Gasteiger partial charge in [0.15, 0.2) is 0 Å². The second-order valence-corrected chi connectivity index (χ2v) is 6.64. The van der Waals surface area contributed by atoms with E-state index in [4.69, 9.17) is 9.47 Å². The van der Waals surface area contributed by atoms with Crippen LogP contribution in [0.4, 0.5) is 10.5 Å². The highest BCUT2D eigenvalue weighted by atomic mass is 16.6. The maximum absolute atomic E-state index is 12.4. The SMILES string of the molecule is CC1CN(C(=O)c2ccc(NC(=O)OC(C)(C)C)cc2)CCO1. The van der Waals surface area contributed by atoms with Crippen LogP contribution in [-0.2, 0) is 9.47 Å². The molecule has 0 spiro atoms. The summed E-state index contributed by atoms with van der Waals surface area (Å²) in [5.41, 5.74) is 0.632. The van der Waals surface area contributed by atoms with Crippen LogP contribution in [0.2, 0.25) is 0 Å². The van der Waals surface area contributed by atoms with E-state index in [-0.39, 0.29) is 12.0 Å². The van der Waals surface area contributed by atoms with Crippen LogP contribution < -0.4 is 5.32 Å². The van der Waals surface area contributed by atoms with Crippen LogP contribution in [0.25, 0.3) is 0 Å². The molecule has 1 aliphatic heterocycles. The molecule has 6 heteroatoms. The number of carbonyl (C=O) groups excluding carboxylic acids is 2. The molecule has 1 atom stereocenters. The largest absolute Gasteiger partial charge is 0.444 e. The molecular weight excluding hydrogens is 296 g/mol. The van der Waals surface area contributed by atoms with Crippen LogP contribution in [0.1, 0.15) is 38.1 Å². The van der Waals surface area contributed by atoms with Gasteiger partial charge in [0.05, 0.1) is 12.7 Å². The summed E-state index contributed by atoms with van der Waals surface area (Å²) in [5, 5.41) is 2.65. The zero-order valence-corrected chi connectivity index (χ0v) is 14.1. The highest BCUT2D eigenvalue weighted by molar-refractivity contribution is 5.95. The topological polar surface area (TPSA) is 67.9 Å².